The molecule has 176 valence electrons. The van der Waals surface area contributed by atoms with E-state index in [0.717, 1.165) is 21.6 Å². The van der Waals surface area contributed by atoms with Crippen molar-refractivity contribution in [3.8, 4) is 0 Å². The molecule has 1 heterocycles. The van der Waals surface area contributed by atoms with Crippen molar-refractivity contribution in [2.75, 3.05) is 4.90 Å². The van der Waals surface area contributed by atoms with Crippen LogP contribution in [0.25, 0.3) is 0 Å². The van der Waals surface area contributed by atoms with E-state index in [1.807, 2.05) is 45.9 Å². The maximum atomic E-state index is 14.0. The lowest BCUT2D eigenvalue weighted by molar-refractivity contribution is -0.122. The van der Waals surface area contributed by atoms with Gasteiger partial charge in [0.25, 0.3) is 5.91 Å². The van der Waals surface area contributed by atoms with E-state index in [-0.39, 0.29) is 23.3 Å². The van der Waals surface area contributed by atoms with E-state index in [1.54, 1.807) is 12.1 Å². The summed E-state index contributed by atoms with van der Waals surface area (Å²) < 4.78 is 29.3. The van der Waals surface area contributed by atoms with Gasteiger partial charge >= 0.3 is 0 Å². The molecule has 2 aromatic rings. The third kappa shape index (κ3) is 4.02. The molecular weight excluding hydrogens is 436 g/mol. The Morgan fingerprint density at radius 3 is 1.97 bits per heavy atom. The van der Waals surface area contributed by atoms with E-state index in [9.17, 15) is 18.0 Å². The summed E-state index contributed by atoms with van der Waals surface area (Å²) in [6.45, 7) is 11.6. The fourth-order valence-electron chi connectivity index (χ4n) is 4.71. The highest BCUT2D eigenvalue weighted by Crippen LogP contribution is 2.40. The molecule has 1 aliphatic heterocycles. The first-order valence-corrected chi connectivity index (χ1v) is 13.0. The van der Waals surface area contributed by atoms with Crippen molar-refractivity contribution in [2.24, 2.45) is 0 Å². The molecule has 1 unspecified atom stereocenters. The van der Waals surface area contributed by atoms with Crippen molar-refractivity contribution in [2.45, 2.75) is 83.7 Å². The van der Waals surface area contributed by atoms with Crippen LogP contribution in [0.15, 0.2) is 35.2 Å². The van der Waals surface area contributed by atoms with E-state index < -0.39 is 22.0 Å². The van der Waals surface area contributed by atoms with E-state index in [0.29, 0.717) is 35.6 Å². The molecule has 2 fully saturated rings. The minimum absolute atomic E-state index is 0.136. The molecule has 1 saturated carbocycles. The van der Waals surface area contributed by atoms with Gasteiger partial charge < -0.3 is 0 Å². The number of hydrogen-bond donors (Lipinski definition) is 0. The maximum Gasteiger partial charge on any atom is 0.252 e. The standard InChI is InChI=1S/C26H32N2O4S/c1-15(2)20-7-9-21(10-8-20)27-24(29)14-23(26(27)30)28(22-11-12-22)33(31,32)25-18(5)16(3)13-17(4)19(25)6/h7-10,13,15,22-23H,11-12,14H2,1-6H3. The number of sulfonamides is 1. The van der Waals surface area contributed by atoms with Crippen molar-refractivity contribution < 1.29 is 18.0 Å². The lowest BCUT2D eigenvalue weighted by Gasteiger charge is -2.29. The number of nitrogens with zero attached hydrogens (tertiary/aromatic N) is 2. The zero-order valence-electron chi connectivity index (χ0n) is 20.2. The fourth-order valence-corrected chi connectivity index (χ4v) is 7.12. The summed E-state index contributed by atoms with van der Waals surface area (Å²) in [5.41, 5.74) is 4.78. The lowest BCUT2D eigenvalue weighted by Crippen LogP contribution is -2.47. The fraction of sp³-hybridized carbons (Fsp3) is 0.462. The lowest BCUT2D eigenvalue weighted by atomic mass is 10.0. The SMILES string of the molecule is Cc1cc(C)c(C)c(S(=O)(=O)N(C2CC2)C2CC(=O)N(c3ccc(C(C)C)cc3)C2=O)c1C. The number of anilines is 1. The maximum absolute atomic E-state index is 14.0. The normalized spacial score (nSPS) is 19.3. The summed E-state index contributed by atoms with van der Waals surface area (Å²) in [5, 5.41) is 0. The van der Waals surface area contributed by atoms with Gasteiger partial charge in [0.15, 0.2) is 0 Å². The quantitative estimate of drug-likeness (QED) is 0.584. The topological polar surface area (TPSA) is 74.8 Å². The van der Waals surface area contributed by atoms with Crippen LogP contribution >= 0.6 is 0 Å². The third-order valence-electron chi connectivity index (χ3n) is 6.99. The molecule has 0 N–H and O–H groups in total. The van der Waals surface area contributed by atoms with Crippen molar-refractivity contribution >= 4 is 27.5 Å². The van der Waals surface area contributed by atoms with Crippen LogP contribution in [0.1, 0.15) is 66.8 Å². The molecule has 2 aromatic carbocycles. The van der Waals surface area contributed by atoms with Gasteiger partial charge in [0, 0.05) is 6.04 Å². The Kier molecular flexibility index (Phi) is 5.99. The largest absolute Gasteiger partial charge is 0.274 e. The summed E-state index contributed by atoms with van der Waals surface area (Å²) in [7, 11) is -3.97. The predicted molar refractivity (Wildman–Crippen MR) is 129 cm³/mol. The Bertz CT molecular complexity index is 1200. The van der Waals surface area contributed by atoms with Gasteiger partial charge in [-0.3, -0.25) is 9.59 Å². The molecular formula is C26H32N2O4S. The summed E-state index contributed by atoms with van der Waals surface area (Å²) >= 11 is 0. The van der Waals surface area contributed by atoms with Gasteiger partial charge in [-0.1, -0.05) is 32.0 Å². The van der Waals surface area contributed by atoms with E-state index in [1.165, 1.54) is 4.31 Å². The second-order valence-electron chi connectivity index (χ2n) is 9.69. The molecule has 0 radical (unpaired) electrons. The van der Waals surface area contributed by atoms with Crippen LogP contribution in [-0.4, -0.2) is 36.6 Å². The monoisotopic (exact) mass is 468 g/mol. The van der Waals surface area contributed by atoms with Gasteiger partial charge in [-0.25, -0.2) is 13.3 Å². The van der Waals surface area contributed by atoms with Crippen molar-refractivity contribution in [3.63, 3.8) is 0 Å². The summed E-state index contributed by atoms with van der Waals surface area (Å²) in [5.74, 6) is -0.499. The molecule has 33 heavy (non-hydrogen) atoms. The average molecular weight is 469 g/mol. The molecule has 1 aliphatic carbocycles. The Labute approximate surface area is 196 Å². The number of hydrogen-bond acceptors (Lipinski definition) is 4. The second kappa shape index (κ2) is 8.37. The van der Waals surface area contributed by atoms with Crippen LogP contribution in [0.5, 0.6) is 0 Å². The van der Waals surface area contributed by atoms with Crippen LogP contribution in [0.2, 0.25) is 0 Å². The van der Waals surface area contributed by atoms with Gasteiger partial charge in [0.2, 0.25) is 15.9 Å². The molecule has 0 aromatic heterocycles. The number of amides is 2. The number of carbonyl (C=O) groups excluding carboxylic acids is 2. The molecule has 0 spiro atoms. The summed E-state index contributed by atoms with van der Waals surface area (Å²) in [4.78, 5) is 27.9. The first kappa shape index (κ1) is 23.6. The van der Waals surface area contributed by atoms with Crippen molar-refractivity contribution in [1.29, 1.82) is 0 Å². The highest BCUT2D eigenvalue weighted by molar-refractivity contribution is 7.89. The Morgan fingerprint density at radius 2 is 1.48 bits per heavy atom. The average Bonchev–Trinajstić information content (AvgIpc) is 3.52. The molecule has 7 heteroatoms. The Morgan fingerprint density at radius 1 is 0.939 bits per heavy atom. The Balaban J connectivity index is 1.74. The minimum Gasteiger partial charge on any atom is -0.274 e. The number of aryl methyl sites for hydroxylation is 2. The van der Waals surface area contributed by atoms with Gasteiger partial charge in [-0.05, 0) is 86.4 Å². The molecule has 4 rings (SSSR count). The van der Waals surface area contributed by atoms with E-state index >= 15 is 0 Å². The van der Waals surface area contributed by atoms with Gasteiger partial charge in [-0.15, -0.1) is 0 Å². The minimum atomic E-state index is -3.97. The molecule has 1 atom stereocenters. The van der Waals surface area contributed by atoms with Crippen molar-refractivity contribution in [3.05, 3.63) is 58.1 Å². The molecule has 0 bridgehead atoms. The molecule has 6 nitrogen and oxygen atoms in total. The molecule has 2 aliphatic rings. The predicted octanol–water partition coefficient (Wildman–Crippen LogP) is 4.53. The smallest absolute Gasteiger partial charge is 0.252 e. The number of imide groups is 1. The first-order valence-electron chi connectivity index (χ1n) is 11.5. The highest BCUT2D eigenvalue weighted by Gasteiger charge is 2.52. The van der Waals surface area contributed by atoms with Crippen molar-refractivity contribution in [1.82, 2.24) is 4.31 Å². The van der Waals surface area contributed by atoms with Crippen LogP contribution in [-0.2, 0) is 19.6 Å². The first-order chi connectivity index (χ1) is 15.4. The highest BCUT2D eigenvalue weighted by atomic mass is 32.2. The zero-order chi connectivity index (χ0) is 24.2. The van der Waals surface area contributed by atoms with E-state index in [4.69, 9.17) is 0 Å². The summed E-state index contributed by atoms with van der Waals surface area (Å²) in [6.07, 6.45) is 1.26. The zero-order valence-corrected chi connectivity index (χ0v) is 21.0. The van der Waals surface area contributed by atoms with Crippen LogP contribution in [0.4, 0.5) is 5.69 Å². The van der Waals surface area contributed by atoms with Gasteiger partial charge in [-0.2, -0.15) is 4.31 Å². The van der Waals surface area contributed by atoms with E-state index in [2.05, 4.69) is 13.8 Å². The Hall–Kier alpha value is -2.51. The van der Waals surface area contributed by atoms with Gasteiger partial charge in [0.05, 0.1) is 17.0 Å². The molecule has 1 saturated heterocycles. The number of rotatable bonds is 6. The third-order valence-corrected chi connectivity index (χ3v) is 9.22. The second-order valence-corrected chi connectivity index (χ2v) is 11.5. The van der Waals surface area contributed by atoms with Crippen LogP contribution < -0.4 is 4.90 Å². The summed E-state index contributed by atoms with van der Waals surface area (Å²) in [6, 6.07) is 8.07. The van der Waals surface area contributed by atoms with Gasteiger partial charge in [0.1, 0.15) is 6.04 Å². The number of carbonyl (C=O) groups is 2. The number of benzene rings is 2. The van der Waals surface area contributed by atoms with Crippen LogP contribution in [0, 0.1) is 27.7 Å². The van der Waals surface area contributed by atoms with Crippen LogP contribution in [0.3, 0.4) is 0 Å². The molecule has 2 amide bonds.